The molecule has 150 valence electrons. The fraction of sp³-hybridized carbons (Fsp3) is 0.273. The topological polar surface area (TPSA) is 68.6 Å². The molecular weight excluding hydrogens is 368 g/mol. The zero-order valence-corrected chi connectivity index (χ0v) is 16.8. The van der Waals surface area contributed by atoms with Crippen LogP contribution in [0, 0.1) is 0 Å². The number of aromatic nitrogens is 2. The summed E-state index contributed by atoms with van der Waals surface area (Å²) in [4.78, 5) is 19.0. The summed E-state index contributed by atoms with van der Waals surface area (Å²) in [5.41, 5.74) is 3.98. The molecule has 29 heavy (non-hydrogen) atoms. The van der Waals surface area contributed by atoms with Crippen molar-refractivity contribution in [3.8, 4) is 11.5 Å². The van der Waals surface area contributed by atoms with Gasteiger partial charge in [-0.3, -0.25) is 0 Å². The van der Waals surface area contributed by atoms with E-state index in [9.17, 15) is 4.79 Å². The summed E-state index contributed by atoms with van der Waals surface area (Å²) in [6.07, 6.45) is 6.82. The Labute approximate surface area is 169 Å². The Bertz CT molecular complexity index is 1090. The van der Waals surface area contributed by atoms with Crippen LogP contribution in [0.3, 0.4) is 0 Å². The molecule has 0 bridgehead atoms. The Morgan fingerprint density at radius 2 is 2.07 bits per heavy atom. The van der Waals surface area contributed by atoms with Gasteiger partial charge in [-0.1, -0.05) is 6.08 Å². The number of carbonyl (C=O) groups is 1. The maximum Gasteiger partial charge on any atom is 0.322 e. The van der Waals surface area contributed by atoms with Crippen LogP contribution in [0.1, 0.15) is 12.0 Å². The molecule has 4 rings (SSSR count). The Morgan fingerprint density at radius 1 is 1.21 bits per heavy atom. The van der Waals surface area contributed by atoms with Crippen molar-refractivity contribution >= 4 is 28.3 Å². The summed E-state index contributed by atoms with van der Waals surface area (Å²) >= 11 is 0. The Kier molecular flexibility index (Phi) is 5.12. The fourth-order valence-electron chi connectivity index (χ4n) is 3.67. The number of methoxy groups -OCH3 is 2. The first-order valence-electron chi connectivity index (χ1n) is 9.48. The van der Waals surface area contributed by atoms with Crippen molar-refractivity contribution in [1.82, 2.24) is 14.5 Å². The first-order chi connectivity index (χ1) is 14.1. The average molecular weight is 392 g/mol. The molecule has 0 aliphatic carbocycles. The number of rotatable bonds is 4. The number of nitrogens with zero attached hydrogens (tertiary/aromatic N) is 3. The van der Waals surface area contributed by atoms with Gasteiger partial charge in [0.15, 0.2) is 0 Å². The Hall–Kier alpha value is -3.48. The first kappa shape index (κ1) is 18.9. The second kappa shape index (κ2) is 7.87. The molecular formula is C22H24N4O3. The molecule has 0 atom stereocenters. The summed E-state index contributed by atoms with van der Waals surface area (Å²) in [5, 5.41) is 4.07. The maximum absolute atomic E-state index is 12.8. The van der Waals surface area contributed by atoms with Crippen LogP contribution in [0.5, 0.6) is 11.5 Å². The molecule has 1 aliphatic rings. The lowest BCUT2D eigenvalue weighted by molar-refractivity contribution is 0.217. The van der Waals surface area contributed by atoms with Gasteiger partial charge < -0.3 is 24.3 Å². The van der Waals surface area contributed by atoms with E-state index in [0.29, 0.717) is 30.3 Å². The van der Waals surface area contributed by atoms with Crippen LogP contribution in [0.15, 0.2) is 48.8 Å². The molecule has 7 nitrogen and oxygen atoms in total. The van der Waals surface area contributed by atoms with Gasteiger partial charge in [-0.05, 0) is 36.3 Å². The van der Waals surface area contributed by atoms with Crippen LogP contribution >= 0.6 is 0 Å². The van der Waals surface area contributed by atoms with Gasteiger partial charge in [0.2, 0.25) is 0 Å². The minimum atomic E-state index is -0.161. The van der Waals surface area contributed by atoms with Gasteiger partial charge in [-0.15, -0.1) is 0 Å². The van der Waals surface area contributed by atoms with Crippen molar-refractivity contribution in [2.75, 3.05) is 32.6 Å². The van der Waals surface area contributed by atoms with Crippen LogP contribution in [-0.2, 0) is 7.05 Å². The lowest BCUT2D eigenvalue weighted by Gasteiger charge is -2.27. The van der Waals surface area contributed by atoms with E-state index in [1.807, 2.05) is 17.7 Å². The number of hydrogen-bond donors (Lipinski definition) is 1. The Balaban J connectivity index is 1.50. The van der Waals surface area contributed by atoms with E-state index in [1.54, 1.807) is 43.5 Å². The lowest BCUT2D eigenvalue weighted by Crippen LogP contribution is -2.38. The van der Waals surface area contributed by atoms with Gasteiger partial charge in [-0.25, -0.2) is 9.78 Å². The molecule has 2 amide bonds. The van der Waals surface area contributed by atoms with E-state index in [4.69, 9.17) is 9.47 Å². The molecule has 1 aliphatic heterocycles. The van der Waals surface area contributed by atoms with Crippen molar-refractivity contribution in [3.05, 3.63) is 54.4 Å². The number of fused-ring (bicyclic) bond motifs is 1. The molecule has 2 aromatic heterocycles. The summed E-state index contributed by atoms with van der Waals surface area (Å²) in [6, 6.07) is 9.21. The van der Waals surface area contributed by atoms with E-state index < -0.39 is 0 Å². The molecule has 0 spiro atoms. The average Bonchev–Trinajstić information content (AvgIpc) is 3.10. The van der Waals surface area contributed by atoms with E-state index in [-0.39, 0.29) is 6.03 Å². The zero-order chi connectivity index (χ0) is 20.4. The molecule has 3 aromatic rings. The minimum Gasteiger partial charge on any atom is -0.497 e. The van der Waals surface area contributed by atoms with E-state index in [1.165, 1.54) is 11.1 Å². The molecule has 0 unspecified atom stereocenters. The number of anilines is 1. The van der Waals surface area contributed by atoms with E-state index in [0.717, 1.165) is 17.5 Å². The van der Waals surface area contributed by atoms with Crippen molar-refractivity contribution in [3.63, 3.8) is 0 Å². The summed E-state index contributed by atoms with van der Waals surface area (Å²) < 4.78 is 12.6. The molecule has 0 radical (unpaired) electrons. The molecule has 1 aromatic carbocycles. The highest BCUT2D eigenvalue weighted by molar-refractivity contribution is 5.94. The molecule has 0 fully saturated rings. The summed E-state index contributed by atoms with van der Waals surface area (Å²) in [7, 11) is 5.17. The zero-order valence-electron chi connectivity index (χ0n) is 16.8. The number of aryl methyl sites for hydroxylation is 1. The van der Waals surface area contributed by atoms with Crippen molar-refractivity contribution < 1.29 is 14.3 Å². The molecule has 0 saturated heterocycles. The third kappa shape index (κ3) is 3.63. The molecule has 3 heterocycles. The van der Waals surface area contributed by atoms with Crippen molar-refractivity contribution in [2.24, 2.45) is 7.05 Å². The van der Waals surface area contributed by atoms with Crippen LogP contribution in [0.25, 0.3) is 16.6 Å². The van der Waals surface area contributed by atoms with Crippen LogP contribution in [0.2, 0.25) is 0 Å². The third-order valence-electron chi connectivity index (χ3n) is 5.22. The predicted octanol–water partition coefficient (Wildman–Crippen LogP) is 3.91. The van der Waals surface area contributed by atoms with Gasteiger partial charge in [0, 0.05) is 49.5 Å². The predicted molar refractivity (Wildman–Crippen MR) is 113 cm³/mol. The van der Waals surface area contributed by atoms with Gasteiger partial charge in [0.1, 0.15) is 17.1 Å². The first-order valence-corrected chi connectivity index (χ1v) is 9.48. The van der Waals surface area contributed by atoms with E-state index in [2.05, 4.69) is 28.6 Å². The second-order valence-electron chi connectivity index (χ2n) is 6.95. The monoisotopic (exact) mass is 392 g/mol. The number of amides is 2. The minimum absolute atomic E-state index is 0.161. The lowest BCUT2D eigenvalue weighted by atomic mass is 10.00. The van der Waals surface area contributed by atoms with Crippen molar-refractivity contribution in [1.29, 1.82) is 0 Å². The second-order valence-corrected chi connectivity index (χ2v) is 6.95. The smallest absolute Gasteiger partial charge is 0.322 e. The number of urea groups is 1. The van der Waals surface area contributed by atoms with Gasteiger partial charge in [-0.2, -0.15) is 0 Å². The summed E-state index contributed by atoms with van der Waals surface area (Å²) in [6.45, 7) is 1.19. The number of pyridine rings is 1. The van der Waals surface area contributed by atoms with Crippen LogP contribution < -0.4 is 14.8 Å². The number of benzene rings is 1. The van der Waals surface area contributed by atoms with Gasteiger partial charge in [0.05, 0.1) is 19.9 Å². The molecule has 1 N–H and O–H groups in total. The van der Waals surface area contributed by atoms with E-state index >= 15 is 0 Å². The van der Waals surface area contributed by atoms with Gasteiger partial charge in [0.25, 0.3) is 0 Å². The number of nitrogens with one attached hydrogen (secondary N) is 1. The SMILES string of the molecule is COc1ccc(OC)c(NC(=O)N2CC=C(c3cn(C)c4ncccc34)CC2)c1. The largest absolute Gasteiger partial charge is 0.497 e. The number of carbonyl (C=O) groups excluding carboxylic acids is 1. The molecule has 0 saturated carbocycles. The third-order valence-corrected chi connectivity index (χ3v) is 5.22. The van der Waals surface area contributed by atoms with Crippen LogP contribution in [0.4, 0.5) is 10.5 Å². The highest BCUT2D eigenvalue weighted by Crippen LogP contribution is 2.31. The maximum atomic E-state index is 12.8. The highest BCUT2D eigenvalue weighted by atomic mass is 16.5. The standard InChI is InChI=1S/C22H24N4O3/c1-25-14-18(17-5-4-10-23-21(17)25)15-8-11-26(12-9-15)22(27)24-19-13-16(28-2)6-7-20(19)29-3/h4-8,10,13-14H,9,11-12H2,1-3H3,(H,24,27). The number of ether oxygens (including phenoxy) is 2. The normalized spacial score (nSPS) is 13.9. The Morgan fingerprint density at radius 3 is 2.79 bits per heavy atom. The molecule has 7 heteroatoms. The summed E-state index contributed by atoms with van der Waals surface area (Å²) in [5.74, 6) is 1.25. The highest BCUT2D eigenvalue weighted by Gasteiger charge is 2.21. The quantitative estimate of drug-likeness (QED) is 0.731. The van der Waals surface area contributed by atoms with Crippen molar-refractivity contribution in [2.45, 2.75) is 6.42 Å². The number of hydrogen-bond acceptors (Lipinski definition) is 4. The van der Waals surface area contributed by atoms with Crippen LogP contribution in [-0.4, -0.2) is 47.8 Å². The fourth-order valence-corrected chi connectivity index (χ4v) is 3.67. The van der Waals surface area contributed by atoms with Gasteiger partial charge >= 0.3 is 6.03 Å².